The number of aliphatic carboxylic acids is 3. The summed E-state index contributed by atoms with van der Waals surface area (Å²) in [5, 5.41) is 33.2. The molecule has 13 nitrogen and oxygen atoms in total. The molecule has 0 aliphatic rings. The van der Waals surface area contributed by atoms with Crippen LogP contribution in [0.5, 0.6) is 0 Å². The Morgan fingerprint density at radius 2 is 1.39 bits per heavy atom. The summed E-state index contributed by atoms with van der Waals surface area (Å²) in [6.07, 6.45) is -1.52. The Balaban J connectivity index is 2.96. The van der Waals surface area contributed by atoms with E-state index in [0.29, 0.717) is 5.56 Å². The Morgan fingerprint density at radius 1 is 0.788 bits per heavy atom. The first kappa shape index (κ1) is 27.0. The van der Waals surface area contributed by atoms with Gasteiger partial charge in [0.25, 0.3) is 0 Å². The van der Waals surface area contributed by atoms with Crippen molar-refractivity contribution in [3.05, 3.63) is 35.9 Å². The van der Waals surface area contributed by atoms with Crippen molar-refractivity contribution in [3.8, 4) is 0 Å². The van der Waals surface area contributed by atoms with Crippen LogP contribution in [0.25, 0.3) is 0 Å². The number of nitrogens with one attached hydrogen (secondary N) is 3. The molecule has 3 amide bonds. The average molecular weight is 466 g/mol. The zero-order valence-corrected chi connectivity index (χ0v) is 17.5. The SMILES string of the molecule is NC(CCC(=O)O)C(=O)NC(CC(=O)O)C(=O)NC(Cc1ccccc1)C(=O)NCC(=O)O. The van der Waals surface area contributed by atoms with Crippen LogP contribution in [-0.2, 0) is 35.2 Å². The van der Waals surface area contributed by atoms with Gasteiger partial charge in [-0.05, 0) is 12.0 Å². The van der Waals surface area contributed by atoms with Crippen LogP contribution in [0.3, 0.4) is 0 Å². The van der Waals surface area contributed by atoms with Crippen LogP contribution in [0.15, 0.2) is 30.3 Å². The number of carbonyl (C=O) groups is 6. The number of nitrogens with two attached hydrogens (primary N) is 1. The summed E-state index contributed by atoms with van der Waals surface area (Å²) in [4.78, 5) is 69.9. The number of hydrogen-bond donors (Lipinski definition) is 7. The van der Waals surface area contributed by atoms with E-state index in [0.717, 1.165) is 0 Å². The highest BCUT2D eigenvalue weighted by atomic mass is 16.4. The van der Waals surface area contributed by atoms with E-state index >= 15 is 0 Å². The zero-order valence-electron chi connectivity index (χ0n) is 17.5. The van der Waals surface area contributed by atoms with E-state index in [1.54, 1.807) is 30.3 Å². The topological polar surface area (TPSA) is 225 Å². The first-order valence-corrected chi connectivity index (χ1v) is 9.83. The Kier molecular flexibility index (Phi) is 11.0. The van der Waals surface area contributed by atoms with Crippen molar-refractivity contribution < 1.29 is 44.1 Å². The van der Waals surface area contributed by atoms with Gasteiger partial charge in [0.15, 0.2) is 0 Å². The number of carboxylic acid groups (broad SMARTS) is 3. The lowest BCUT2D eigenvalue weighted by Gasteiger charge is -2.23. The van der Waals surface area contributed by atoms with Gasteiger partial charge in [-0.1, -0.05) is 30.3 Å². The van der Waals surface area contributed by atoms with Crippen LogP contribution >= 0.6 is 0 Å². The van der Waals surface area contributed by atoms with Crippen molar-refractivity contribution >= 4 is 35.6 Å². The summed E-state index contributed by atoms with van der Waals surface area (Å²) in [6.45, 7) is -0.701. The third kappa shape index (κ3) is 10.7. The van der Waals surface area contributed by atoms with Crippen molar-refractivity contribution in [2.45, 2.75) is 43.8 Å². The molecule has 0 radical (unpaired) electrons. The van der Waals surface area contributed by atoms with Gasteiger partial charge in [-0.25, -0.2) is 0 Å². The van der Waals surface area contributed by atoms with Crippen molar-refractivity contribution in [2.24, 2.45) is 5.73 Å². The molecule has 0 heterocycles. The molecule has 0 aliphatic carbocycles. The fourth-order valence-electron chi connectivity index (χ4n) is 2.69. The molecule has 1 aromatic rings. The minimum absolute atomic E-state index is 0.0378. The molecule has 8 N–H and O–H groups in total. The quantitative estimate of drug-likeness (QED) is 0.161. The Hall–Kier alpha value is -4.00. The van der Waals surface area contributed by atoms with Gasteiger partial charge >= 0.3 is 17.9 Å². The fourth-order valence-corrected chi connectivity index (χ4v) is 2.69. The van der Waals surface area contributed by atoms with E-state index in [1.165, 1.54) is 0 Å². The molecule has 0 saturated carbocycles. The van der Waals surface area contributed by atoms with Crippen molar-refractivity contribution in [1.82, 2.24) is 16.0 Å². The minimum Gasteiger partial charge on any atom is -0.481 e. The third-order valence-corrected chi connectivity index (χ3v) is 4.35. The molecule has 0 spiro atoms. The molecule has 180 valence electrons. The Morgan fingerprint density at radius 3 is 1.94 bits per heavy atom. The summed E-state index contributed by atoms with van der Waals surface area (Å²) >= 11 is 0. The van der Waals surface area contributed by atoms with Crippen LogP contribution < -0.4 is 21.7 Å². The molecular weight excluding hydrogens is 440 g/mol. The molecule has 0 fully saturated rings. The van der Waals surface area contributed by atoms with Crippen molar-refractivity contribution in [1.29, 1.82) is 0 Å². The summed E-state index contributed by atoms with van der Waals surface area (Å²) in [6, 6.07) is 4.26. The molecule has 3 atom stereocenters. The standard InChI is InChI=1S/C20H26N4O9/c21-12(6-7-15(25)26)18(31)23-14(9-16(27)28)20(33)24-13(19(32)22-10-17(29)30)8-11-4-2-1-3-5-11/h1-5,12-14H,6-10,21H2,(H,22,32)(H,23,31)(H,24,33)(H,25,26)(H,27,28)(H,29,30). The summed E-state index contributed by atoms with van der Waals surface area (Å²) in [5.41, 5.74) is 6.22. The third-order valence-electron chi connectivity index (χ3n) is 4.35. The van der Waals surface area contributed by atoms with Crippen molar-refractivity contribution in [2.75, 3.05) is 6.54 Å². The summed E-state index contributed by atoms with van der Waals surface area (Å²) in [7, 11) is 0. The van der Waals surface area contributed by atoms with Gasteiger partial charge in [0.1, 0.15) is 18.6 Å². The second-order valence-corrected chi connectivity index (χ2v) is 7.06. The molecule has 1 aromatic carbocycles. The average Bonchev–Trinajstić information content (AvgIpc) is 2.74. The maximum Gasteiger partial charge on any atom is 0.322 e. The van der Waals surface area contributed by atoms with Crippen LogP contribution in [0.4, 0.5) is 0 Å². The molecule has 3 unspecified atom stereocenters. The number of hydrogen-bond acceptors (Lipinski definition) is 7. The van der Waals surface area contributed by atoms with Gasteiger partial charge in [-0.2, -0.15) is 0 Å². The van der Waals surface area contributed by atoms with E-state index in [9.17, 15) is 28.8 Å². The number of carbonyl (C=O) groups excluding carboxylic acids is 3. The highest BCUT2D eigenvalue weighted by Gasteiger charge is 2.30. The largest absolute Gasteiger partial charge is 0.481 e. The fraction of sp³-hybridized carbons (Fsp3) is 0.400. The predicted octanol–water partition coefficient (Wildman–Crippen LogP) is -1.93. The monoisotopic (exact) mass is 466 g/mol. The lowest BCUT2D eigenvalue weighted by molar-refractivity contribution is -0.141. The van der Waals surface area contributed by atoms with E-state index in [1.807, 2.05) is 0 Å². The lowest BCUT2D eigenvalue weighted by atomic mass is 10.0. The molecule has 0 saturated heterocycles. The zero-order chi connectivity index (χ0) is 25.0. The van der Waals surface area contributed by atoms with Crippen LogP contribution in [-0.4, -0.2) is 75.6 Å². The second-order valence-electron chi connectivity index (χ2n) is 7.06. The lowest BCUT2D eigenvalue weighted by Crippen LogP contribution is -2.57. The highest BCUT2D eigenvalue weighted by molar-refractivity contribution is 5.95. The van der Waals surface area contributed by atoms with Crippen LogP contribution in [0.1, 0.15) is 24.8 Å². The highest BCUT2D eigenvalue weighted by Crippen LogP contribution is 2.05. The van der Waals surface area contributed by atoms with Gasteiger partial charge < -0.3 is 37.0 Å². The summed E-state index contributed by atoms with van der Waals surface area (Å²) < 4.78 is 0. The smallest absolute Gasteiger partial charge is 0.322 e. The van der Waals surface area contributed by atoms with Gasteiger partial charge in [0, 0.05) is 12.8 Å². The van der Waals surface area contributed by atoms with Crippen molar-refractivity contribution in [3.63, 3.8) is 0 Å². The molecule has 0 aromatic heterocycles. The molecule has 13 heteroatoms. The summed E-state index contributed by atoms with van der Waals surface area (Å²) in [5.74, 6) is -6.69. The van der Waals surface area contributed by atoms with Gasteiger partial charge in [-0.3, -0.25) is 28.8 Å². The van der Waals surface area contributed by atoms with Gasteiger partial charge in [0.2, 0.25) is 17.7 Å². The van der Waals surface area contributed by atoms with E-state index in [2.05, 4.69) is 16.0 Å². The van der Waals surface area contributed by atoms with E-state index in [-0.39, 0.29) is 12.8 Å². The molecule has 1 rings (SSSR count). The first-order valence-electron chi connectivity index (χ1n) is 9.83. The maximum atomic E-state index is 12.7. The van der Waals surface area contributed by atoms with E-state index in [4.69, 9.17) is 21.1 Å². The first-order chi connectivity index (χ1) is 15.5. The Labute approximate surface area is 188 Å². The molecular formula is C20H26N4O9. The number of carboxylic acids is 3. The number of benzene rings is 1. The number of rotatable bonds is 14. The van der Waals surface area contributed by atoms with Gasteiger partial charge in [0.05, 0.1) is 12.5 Å². The maximum absolute atomic E-state index is 12.7. The van der Waals surface area contributed by atoms with E-state index < -0.39 is 73.1 Å². The number of amides is 3. The predicted molar refractivity (Wildman–Crippen MR) is 112 cm³/mol. The molecule has 33 heavy (non-hydrogen) atoms. The van der Waals surface area contributed by atoms with Gasteiger partial charge in [-0.15, -0.1) is 0 Å². The Bertz CT molecular complexity index is 876. The van der Waals surface area contributed by atoms with Crippen LogP contribution in [0.2, 0.25) is 0 Å². The second kappa shape index (κ2) is 13.4. The van der Waals surface area contributed by atoms with Crippen LogP contribution in [0, 0.1) is 0 Å². The molecule has 0 bridgehead atoms. The normalized spacial score (nSPS) is 13.1. The minimum atomic E-state index is -1.61. The molecule has 0 aliphatic heterocycles.